The highest BCUT2D eigenvalue weighted by atomic mass is 16.7. The summed E-state index contributed by atoms with van der Waals surface area (Å²) in [6.45, 7) is 0.995. The third kappa shape index (κ3) is 3.36. The van der Waals surface area contributed by atoms with Crippen molar-refractivity contribution < 1.29 is 33.2 Å². The number of nitrogens with zero attached hydrogens (tertiary/aromatic N) is 1. The zero-order valence-electron chi connectivity index (χ0n) is 20.4. The minimum Gasteiger partial charge on any atom is -0.493 e. The number of hydrogen-bond donors (Lipinski definition) is 0. The first kappa shape index (κ1) is 22.5. The summed E-state index contributed by atoms with van der Waals surface area (Å²) >= 11 is 0. The standard InChI is InChI=1S/C28H27NO7/c1-31-20-10-9-18-19(24(20)32-2)14-34-25(18)23-22-17(13-21-26(27(22)33-3)36-15-35-21)11-12-29(23)28(30)16-7-5-4-6-8-16/h4-10,13,23,25H,11-12,14-15H2,1-3H3/t23-,25+/m1/s1. The van der Waals surface area contributed by atoms with Crippen molar-refractivity contribution in [2.24, 2.45) is 0 Å². The Morgan fingerprint density at radius 3 is 2.53 bits per heavy atom. The molecule has 8 nitrogen and oxygen atoms in total. The number of benzene rings is 3. The lowest BCUT2D eigenvalue weighted by molar-refractivity contribution is -0.00873. The lowest BCUT2D eigenvalue weighted by Gasteiger charge is -2.41. The van der Waals surface area contributed by atoms with Crippen LogP contribution in [0.3, 0.4) is 0 Å². The van der Waals surface area contributed by atoms with Crippen molar-refractivity contribution in [3.8, 4) is 28.7 Å². The van der Waals surface area contributed by atoms with Gasteiger partial charge < -0.3 is 33.3 Å². The van der Waals surface area contributed by atoms with Crippen molar-refractivity contribution in [1.82, 2.24) is 4.90 Å². The summed E-state index contributed by atoms with van der Waals surface area (Å²) in [5.41, 5.74) is 4.42. The molecule has 0 unspecified atom stereocenters. The fourth-order valence-corrected chi connectivity index (χ4v) is 5.58. The molecule has 186 valence electrons. The Morgan fingerprint density at radius 1 is 0.972 bits per heavy atom. The Balaban J connectivity index is 1.54. The first-order valence-corrected chi connectivity index (χ1v) is 11.9. The van der Waals surface area contributed by atoms with Crippen LogP contribution in [0.2, 0.25) is 0 Å². The molecule has 0 bridgehead atoms. The number of methoxy groups -OCH3 is 3. The Kier molecular flexibility index (Phi) is 5.60. The first-order chi connectivity index (χ1) is 17.7. The second-order valence-corrected chi connectivity index (χ2v) is 8.88. The van der Waals surface area contributed by atoms with Crippen LogP contribution in [0.1, 0.15) is 44.8 Å². The fraction of sp³-hybridized carbons (Fsp3) is 0.321. The van der Waals surface area contributed by atoms with Gasteiger partial charge in [-0.05, 0) is 41.8 Å². The largest absolute Gasteiger partial charge is 0.493 e. The normalized spacial score (nSPS) is 19.5. The zero-order chi connectivity index (χ0) is 24.8. The molecule has 0 saturated heterocycles. The van der Waals surface area contributed by atoms with Crippen LogP contribution in [-0.2, 0) is 17.8 Å². The quantitative estimate of drug-likeness (QED) is 0.524. The first-order valence-electron chi connectivity index (χ1n) is 11.9. The van der Waals surface area contributed by atoms with E-state index in [-0.39, 0.29) is 12.7 Å². The molecule has 0 N–H and O–H groups in total. The molecule has 3 aliphatic rings. The molecule has 3 heterocycles. The molecule has 1 amide bonds. The van der Waals surface area contributed by atoms with Crippen LogP contribution >= 0.6 is 0 Å². The van der Waals surface area contributed by atoms with Crippen molar-refractivity contribution in [3.05, 3.63) is 76.3 Å². The Morgan fingerprint density at radius 2 is 1.78 bits per heavy atom. The van der Waals surface area contributed by atoms with E-state index in [0.717, 1.165) is 22.3 Å². The third-order valence-corrected chi connectivity index (χ3v) is 7.17. The van der Waals surface area contributed by atoms with Crippen LogP contribution < -0.4 is 23.7 Å². The van der Waals surface area contributed by atoms with Crippen molar-refractivity contribution >= 4 is 5.91 Å². The number of rotatable bonds is 5. The van der Waals surface area contributed by atoms with Gasteiger partial charge in [0.2, 0.25) is 12.5 Å². The van der Waals surface area contributed by atoms with E-state index in [1.807, 2.05) is 53.4 Å². The Bertz CT molecular complexity index is 1320. The van der Waals surface area contributed by atoms with E-state index < -0.39 is 12.1 Å². The second kappa shape index (κ2) is 8.95. The lowest BCUT2D eigenvalue weighted by atomic mass is 9.84. The number of fused-ring (bicyclic) bond motifs is 3. The number of carbonyl (C=O) groups is 1. The van der Waals surface area contributed by atoms with Gasteiger partial charge in [0.15, 0.2) is 23.0 Å². The molecule has 2 atom stereocenters. The maximum atomic E-state index is 13.9. The van der Waals surface area contributed by atoms with E-state index in [0.29, 0.717) is 53.9 Å². The molecule has 3 aliphatic heterocycles. The average Bonchev–Trinajstić information content (AvgIpc) is 3.57. The van der Waals surface area contributed by atoms with Crippen LogP contribution in [-0.4, -0.2) is 45.5 Å². The summed E-state index contributed by atoms with van der Waals surface area (Å²) in [6.07, 6.45) is 0.212. The molecule has 36 heavy (non-hydrogen) atoms. The maximum Gasteiger partial charge on any atom is 0.254 e. The molecule has 0 spiro atoms. The SMILES string of the molecule is COc1ccc2c(c1OC)CO[C@@H]2[C@H]1c2c(cc3c(c2OC)OCO3)CCN1C(=O)c1ccccc1. The minimum absolute atomic E-state index is 0.0662. The summed E-state index contributed by atoms with van der Waals surface area (Å²) in [5, 5.41) is 0. The van der Waals surface area contributed by atoms with Gasteiger partial charge in [0.25, 0.3) is 5.91 Å². The smallest absolute Gasteiger partial charge is 0.254 e. The number of hydrogen-bond acceptors (Lipinski definition) is 7. The summed E-state index contributed by atoms with van der Waals surface area (Å²) in [6, 6.07) is 14.7. The van der Waals surface area contributed by atoms with E-state index in [1.165, 1.54) is 0 Å². The molecule has 8 heteroatoms. The van der Waals surface area contributed by atoms with Gasteiger partial charge in [-0.3, -0.25) is 4.79 Å². The molecule has 0 fully saturated rings. The number of amides is 1. The van der Waals surface area contributed by atoms with Crippen LogP contribution in [0.15, 0.2) is 48.5 Å². The highest BCUT2D eigenvalue weighted by molar-refractivity contribution is 5.95. The van der Waals surface area contributed by atoms with E-state index >= 15 is 0 Å². The molecule has 3 aromatic rings. The van der Waals surface area contributed by atoms with Gasteiger partial charge in [0, 0.05) is 23.2 Å². The third-order valence-electron chi connectivity index (χ3n) is 7.17. The van der Waals surface area contributed by atoms with Crippen LogP contribution in [0.25, 0.3) is 0 Å². The minimum atomic E-state index is -0.453. The van der Waals surface area contributed by atoms with E-state index in [1.54, 1.807) is 21.3 Å². The molecule has 6 rings (SSSR count). The summed E-state index contributed by atoms with van der Waals surface area (Å²) < 4.78 is 35.0. The maximum absolute atomic E-state index is 13.9. The Hall–Kier alpha value is -3.91. The van der Waals surface area contributed by atoms with Gasteiger partial charge in [-0.15, -0.1) is 0 Å². The molecular weight excluding hydrogens is 462 g/mol. The van der Waals surface area contributed by atoms with Crippen LogP contribution in [0.5, 0.6) is 28.7 Å². The fourth-order valence-electron chi connectivity index (χ4n) is 5.58. The van der Waals surface area contributed by atoms with E-state index in [9.17, 15) is 4.79 Å². The predicted octanol–water partition coefficient (Wildman–Crippen LogP) is 4.45. The van der Waals surface area contributed by atoms with Crippen LogP contribution in [0.4, 0.5) is 0 Å². The monoisotopic (exact) mass is 489 g/mol. The lowest BCUT2D eigenvalue weighted by Crippen LogP contribution is -2.43. The molecule has 0 radical (unpaired) electrons. The average molecular weight is 490 g/mol. The van der Waals surface area contributed by atoms with E-state index in [2.05, 4.69) is 0 Å². The van der Waals surface area contributed by atoms with Gasteiger partial charge in [0.1, 0.15) is 6.10 Å². The Labute approximate surface area is 209 Å². The van der Waals surface area contributed by atoms with Gasteiger partial charge in [-0.1, -0.05) is 24.3 Å². The number of carbonyl (C=O) groups excluding carboxylic acids is 1. The highest BCUT2D eigenvalue weighted by Gasteiger charge is 2.45. The molecule has 0 aromatic heterocycles. The topological polar surface area (TPSA) is 75.7 Å². The second-order valence-electron chi connectivity index (χ2n) is 8.88. The molecule has 0 saturated carbocycles. The number of ether oxygens (including phenoxy) is 6. The zero-order valence-corrected chi connectivity index (χ0v) is 20.4. The molecule has 3 aromatic carbocycles. The van der Waals surface area contributed by atoms with Crippen molar-refractivity contribution in [3.63, 3.8) is 0 Å². The van der Waals surface area contributed by atoms with Gasteiger partial charge in [-0.25, -0.2) is 0 Å². The van der Waals surface area contributed by atoms with Crippen molar-refractivity contribution in [1.29, 1.82) is 0 Å². The summed E-state index contributed by atoms with van der Waals surface area (Å²) in [7, 11) is 4.85. The summed E-state index contributed by atoms with van der Waals surface area (Å²) in [5.74, 6) is 3.01. The molecular formula is C28H27NO7. The van der Waals surface area contributed by atoms with Gasteiger partial charge in [0.05, 0.1) is 34.0 Å². The highest BCUT2D eigenvalue weighted by Crippen LogP contribution is 2.55. The predicted molar refractivity (Wildman–Crippen MR) is 130 cm³/mol. The summed E-state index contributed by atoms with van der Waals surface area (Å²) in [4.78, 5) is 15.8. The van der Waals surface area contributed by atoms with E-state index in [4.69, 9.17) is 28.4 Å². The van der Waals surface area contributed by atoms with Gasteiger partial charge >= 0.3 is 0 Å². The van der Waals surface area contributed by atoms with Crippen molar-refractivity contribution in [2.75, 3.05) is 34.7 Å². The van der Waals surface area contributed by atoms with Crippen molar-refractivity contribution in [2.45, 2.75) is 25.2 Å². The molecule has 0 aliphatic carbocycles. The van der Waals surface area contributed by atoms with Crippen LogP contribution in [0, 0.1) is 0 Å². The van der Waals surface area contributed by atoms with Gasteiger partial charge in [-0.2, -0.15) is 0 Å².